The summed E-state index contributed by atoms with van der Waals surface area (Å²) in [5, 5.41) is 7.94. The largest absolute Gasteiger partial charge is 0.497 e. The Morgan fingerprint density at radius 2 is 1.67 bits per heavy atom. The third kappa shape index (κ3) is 6.66. The quantitative estimate of drug-likeness (QED) is 0.579. The van der Waals surface area contributed by atoms with Gasteiger partial charge in [-0.15, -0.1) is 0 Å². The molecule has 0 saturated heterocycles. The molecule has 0 fully saturated rings. The first-order chi connectivity index (χ1) is 14.3. The summed E-state index contributed by atoms with van der Waals surface area (Å²) < 4.78 is 10.3. The number of amides is 3. The maximum atomic E-state index is 12.4. The van der Waals surface area contributed by atoms with Crippen LogP contribution in [-0.4, -0.2) is 38.0 Å². The van der Waals surface area contributed by atoms with E-state index < -0.39 is 17.9 Å². The molecule has 0 bridgehead atoms. The van der Waals surface area contributed by atoms with Crippen molar-refractivity contribution >= 4 is 35.2 Å². The van der Waals surface area contributed by atoms with E-state index in [0.717, 1.165) is 11.3 Å². The van der Waals surface area contributed by atoms with Gasteiger partial charge < -0.3 is 25.4 Å². The lowest BCUT2D eigenvalue weighted by Gasteiger charge is -2.15. The van der Waals surface area contributed by atoms with Crippen molar-refractivity contribution < 1.29 is 23.9 Å². The number of ether oxygens (including phenoxy) is 2. The monoisotopic (exact) mass is 411 g/mol. The van der Waals surface area contributed by atoms with Crippen LogP contribution in [-0.2, 0) is 14.4 Å². The molecule has 158 valence electrons. The Bertz CT molecular complexity index is 938. The smallest absolute Gasteiger partial charge is 0.246 e. The first-order valence-corrected chi connectivity index (χ1v) is 9.21. The van der Waals surface area contributed by atoms with E-state index >= 15 is 0 Å². The Kier molecular flexibility index (Phi) is 7.99. The van der Waals surface area contributed by atoms with Gasteiger partial charge in [0.1, 0.15) is 17.5 Å². The normalized spacial score (nSPS) is 11.5. The number of rotatable bonds is 8. The first-order valence-electron chi connectivity index (χ1n) is 9.21. The highest BCUT2D eigenvalue weighted by molar-refractivity contribution is 6.00. The molecule has 1 unspecified atom stereocenters. The number of carbonyl (C=O) groups excluding carboxylic acids is 3. The highest BCUT2D eigenvalue weighted by Gasteiger charge is 2.15. The van der Waals surface area contributed by atoms with Crippen molar-refractivity contribution in [3.63, 3.8) is 0 Å². The molecule has 0 saturated carbocycles. The van der Waals surface area contributed by atoms with Crippen molar-refractivity contribution in [1.82, 2.24) is 5.32 Å². The molecule has 2 aromatic rings. The van der Waals surface area contributed by atoms with E-state index in [1.54, 1.807) is 50.4 Å². The third-order valence-corrected chi connectivity index (χ3v) is 4.07. The molecule has 8 nitrogen and oxygen atoms in total. The molecular weight excluding hydrogens is 386 g/mol. The summed E-state index contributed by atoms with van der Waals surface area (Å²) in [4.78, 5) is 35.8. The average molecular weight is 411 g/mol. The van der Waals surface area contributed by atoms with E-state index in [0.29, 0.717) is 17.1 Å². The molecule has 0 aromatic heterocycles. The Morgan fingerprint density at radius 1 is 0.967 bits per heavy atom. The van der Waals surface area contributed by atoms with Gasteiger partial charge in [0.15, 0.2) is 0 Å². The van der Waals surface area contributed by atoms with Crippen molar-refractivity contribution in [2.24, 2.45) is 0 Å². The second-order valence-electron chi connectivity index (χ2n) is 6.42. The number of methoxy groups -OCH3 is 2. The lowest BCUT2D eigenvalue weighted by Crippen LogP contribution is -2.40. The van der Waals surface area contributed by atoms with Crippen LogP contribution in [0.4, 0.5) is 11.4 Å². The number of anilines is 2. The summed E-state index contributed by atoms with van der Waals surface area (Å²) in [5.41, 5.74) is 1.72. The lowest BCUT2D eigenvalue weighted by molar-refractivity contribution is -0.123. The topological polar surface area (TPSA) is 106 Å². The van der Waals surface area contributed by atoms with Crippen molar-refractivity contribution in [2.45, 2.75) is 19.9 Å². The van der Waals surface area contributed by atoms with E-state index in [1.807, 2.05) is 12.1 Å². The molecular formula is C22H25N3O5. The van der Waals surface area contributed by atoms with E-state index in [-0.39, 0.29) is 5.91 Å². The Balaban J connectivity index is 1.95. The van der Waals surface area contributed by atoms with Gasteiger partial charge in [-0.1, -0.05) is 12.1 Å². The zero-order valence-corrected chi connectivity index (χ0v) is 17.3. The minimum atomic E-state index is -0.774. The van der Waals surface area contributed by atoms with E-state index in [9.17, 15) is 14.4 Å². The molecule has 0 radical (unpaired) electrons. The standard InChI is InChI=1S/C22H25N3O5/c1-14(23-21(27)12-7-16-5-9-18(29-3)10-6-16)22(28)25-17-8-11-20(30-4)19(13-17)24-15(2)26/h5-14H,1-4H3,(H,23,27)(H,24,26)(H,25,28)/b12-7+. The molecule has 0 spiro atoms. The van der Waals surface area contributed by atoms with E-state index in [1.165, 1.54) is 20.1 Å². The predicted octanol–water partition coefficient (Wildman–Crippen LogP) is 2.82. The molecule has 3 N–H and O–H groups in total. The second-order valence-corrected chi connectivity index (χ2v) is 6.42. The maximum absolute atomic E-state index is 12.4. The first kappa shape index (κ1) is 22.5. The SMILES string of the molecule is COc1ccc(/C=C/C(=O)NC(C)C(=O)Nc2ccc(OC)c(NC(C)=O)c2)cc1. The number of hydrogen-bond acceptors (Lipinski definition) is 5. The van der Waals surface area contributed by atoms with Gasteiger partial charge in [-0.05, 0) is 48.9 Å². The van der Waals surface area contributed by atoms with Gasteiger partial charge in [0, 0.05) is 18.7 Å². The number of carbonyl (C=O) groups is 3. The molecule has 2 aromatic carbocycles. The van der Waals surface area contributed by atoms with Crippen LogP contribution in [0.25, 0.3) is 6.08 Å². The van der Waals surface area contributed by atoms with Crippen LogP contribution in [0.5, 0.6) is 11.5 Å². The van der Waals surface area contributed by atoms with Crippen LogP contribution in [0, 0.1) is 0 Å². The predicted molar refractivity (Wildman–Crippen MR) is 116 cm³/mol. The van der Waals surface area contributed by atoms with Crippen LogP contribution in [0.3, 0.4) is 0 Å². The van der Waals surface area contributed by atoms with Crippen molar-refractivity contribution in [3.05, 3.63) is 54.1 Å². The molecule has 2 rings (SSSR count). The van der Waals surface area contributed by atoms with Crippen LogP contribution < -0.4 is 25.4 Å². The fraction of sp³-hybridized carbons (Fsp3) is 0.227. The lowest BCUT2D eigenvalue weighted by atomic mass is 10.2. The van der Waals surface area contributed by atoms with Gasteiger partial charge in [0.2, 0.25) is 17.7 Å². The molecule has 0 aliphatic carbocycles. The Morgan fingerprint density at radius 3 is 2.27 bits per heavy atom. The minimum absolute atomic E-state index is 0.263. The summed E-state index contributed by atoms with van der Waals surface area (Å²) in [6.07, 6.45) is 3.00. The van der Waals surface area contributed by atoms with Crippen LogP contribution in [0.15, 0.2) is 48.5 Å². The van der Waals surface area contributed by atoms with Crippen LogP contribution >= 0.6 is 0 Å². The van der Waals surface area contributed by atoms with E-state index in [2.05, 4.69) is 16.0 Å². The third-order valence-electron chi connectivity index (χ3n) is 4.07. The molecule has 3 amide bonds. The zero-order valence-electron chi connectivity index (χ0n) is 17.3. The highest BCUT2D eigenvalue weighted by atomic mass is 16.5. The van der Waals surface area contributed by atoms with Gasteiger partial charge >= 0.3 is 0 Å². The van der Waals surface area contributed by atoms with Crippen molar-refractivity contribution in [2.75, 3.05) is 24.9 Å². The van der Waals surface area contributed by atoms with Crippen molar-refractivity contribution in [3.8, 4) is 11.5 Å². The zero-order chi connectivity index (χ0) is 22.1. The Hall–Kier alpha value is -3.81. The van der Waals surface area contributed by atoms with Gasteiger partial charge in [-0.25, -0.2) is 0 Å². The molecule has 8 heteroatoms. The molecule has 0 heterocycles. The summed E-state index contributed by atoms with van der Waals surface area (Å²) in [5.74, 6) is 0.124. The highest BCUT2D eigenvalue weighted by Crippen LogP contribution is 2.27. The summed E-state index contributed by atoms with van der Waals surface area (Å²) in [6.45, 7) is 2.95. The van der Waals surface area contributed by atoms with Gasteiger partial charge in [-0.3, -0.25) is 14.4 Å². The fourth-order valence-corrected chi connectivity index (χ4v) is 2.54. The fourth-order valence-electron chi connectivity index (χ4n) is 2.54. The molecule has 0 aliphatic rings. The summed E-state index contributed by atoms with van der Waals surface area (Å²) in [7, 11) is 3.06. The maximum Gasteiger partial charge on any atom is 0.246 e. The van der Waals surface area contributed by atoms with Gasteiger partial charge in [0.25, 0.3) is 0 Å². The van der Waals surface area contributed by atoms with Crippen LogP contribution in [0.2, 0.25) is 0 Å². The summed E-state index contributed by atoms with van der Waals surface area (Å²) in [6, 6.07) is 11.3. The number of nitrogens with one attached hydrogen (secondary N) is 3. The van der Waals surface area contributed by atoms with Gasteiger partial charge in [-0.2, -0.15) is 0 Å². The number of hydrogen-bond donors (Lipinski definition) is 3. The molecule has 0 aliphatic heterocycles. The summed E-state index contributed by atoms with van der Waals surface area (Å²) >= 11 is 0. The van der Waals surface area contributed by atoms with Gasteiger partial charge in [0.05, 0.1) is 19.9 Å². The average Bonchev–Trinajstić information content (AvgIpc) is 2.72. The number of benzene rings is 2. The molecule has 1 atom stereocenters. The minimum Gasteiger partial charge on any atom is -0.497 e. The molecule has 30 heavy (non-hydrogen) atoms. The van der Waals surface area contributed by atoms with Crippen molar-refractivity contribution in [1.29, 1.82) is 0 Å². The Labute approximate surface area is 175 Å². The van der Waals surface area contributed by atoms with E-state index in [4.69, 9.17) is 9.47 Å². The van der Waals surface area contributed by atoms with Crippen LogP contribution in [0.1, 0.15) is 19.4 Å². The second kappa shape index (κ2) is 10.7.